The van der Waals surface area contributed by atoms with Gasteiger partial charge in [-0.3, -0.25) is 4.57 Å². The van der Waals surface area contributed by atoms with Crippen LogP contribution in [-0.4, -0.2) is 14.5 Å². The fourth-order valence-electron chi connectivity index (χ4n) is 9.37. The summed E-state index contributed by atoms with van der Waals surface area (Å²) in [4.78, 5) is 10.6. The van der Waals surface area contributed by atoms with E-state index in [4.69, 9.17) is 9.97 Å². The van der Waals surface area contributed by atoms with Crippen molar-refractivity contribution in [1.82, 2.24) is 14.5 Å². The van der Waals surface area contributed by atoms with Gasteiger partial charge < -0.3 is 0 Å². The van der Waals surface area contributed by atoms with Crippen LogP contribution in [0.1, 0.15) is 0 Å². The summed E-state index contributed by atoms with van der Waals surface area (Å²) in [5.41, 5.74) is 17.3. The molecule has 3 heteroatoms. The zero-order chi connectivity index (χ0) is 43.1. The van der Waals surface area contributed by atoms with Crippen LogP contribution in [0.5, 0.6) is 0 Å². The molecule has 0 atom stereocenters. The van der Waals surface area contributed by atoms with Crippen LogP contribution in [0, 0.1) is 0 Å². The van der Waals surface area contributed by atoms with Gasteiger partial charge in [-0.15, -0.1) is 0 Å². The Hall–Kier alpha value is -8.66. The molecule has 0 aliphatic heterocycles. The first-order valence-electron chi connectivity index (χ1n) is 22.1. The number of pyridine rings is 1. The maximum Gasteiger partial charge on any atom is 0.145 e. The molecule has 304 valence electrons. The van der Waals surface area contributed by atoms with Crippen LogP contribution < -0.4 is 0 Å². The van der Waals surface area contributed by atoms with Crippen molar-refractivity contribution in [3.05, 3.63) is 249 Å². The number of hydrogen-bond acceptors (Lipinski definition) is 2. The summed E-state index contributed by atoms with van der Waals surface area (Å²) >= 11 is 0. The standard InChI is InChI=1S/C62H41N3/c1-4-17-42(18-5-1)46-22-16-23-47(35-46)50-40-59(44-19-6-2-7-20-44)63-60(41-50)52-37-49(36-51(38-52)57-39-48-21-10-11-26-54(48)55-27-12-13-28-56(55)57)43-31-33-45(34-32-43)62-64-58-29-14-15-30-61(58)65(62)53-24-8-3-9-25-53/h1-41H. The van der Waals surface area contributed by atoms with E-state index in [0.29, 0.717) is 0 Å². The molecule has 65 heavy (non-hydrogen) atoms. The van der Waals surface area contributed by atoms with Gasteiger partial charge in [0.25, 0.3) is 0 Å². The summed E-state index contributed by atoms with van der Waals surface area (Å²) in [5.74, 6) is 0.909. The number of aromatic nitrogens is 3. The van der Waals surface area contributed by atoms with E-state index in [1.54, 1.807) is 0 Å². The average Bonchev–Trinajstić information content (AvgIpc) is 3.79. The molecule has 0 aliphatic rings. The summed E-state index contributed by atoms with van der Waals surface area (Å²) in [5, 5.41) is 4.92. The molecule has 0 radical (unpaired) electrons. The Morgan fingerprint density at radius 1 is 0.277 bits per heavy atom. The Morgan fingerprint density at radius 2 is 0.785 bits per heavy atom. The first-order chi connectivity index (χ1) is 32.2. The lowest BCUT2D eigenvalue weighted by Crippen LogP contribution is -1.97. The van der Waals surface area contributed by atoms with Crippen molar-refractivity contribution in [2.24, 2.45) is 0 Å². The van der Waals surface area contributed by atoms with Crippen LogP contribution in [0.15, 0.2) is 249 Å². The van der Waals surface area contributed by atoms with Gasteiger partial charge >= 0.3 is 0 Å². The number of hydrogen-bond donors (Lipinski definition) is 0. The number of rotatable bonds is 8. The highest BCUT2D eigenvalue weighted by Gasteiger charge is 2.18. The SMILES string of the molecule is c1ccc(-c2cccc(-c3cc(-c4ccccc4)nc(-c4cc(-c5ccc(-c6nc7ccccc7n6-c6ccccc6)cc5)cc(-c5cc6ccccc6c6ccccc56)c4)c3)c2)cc1. The van der Waals surface area contributed by atoms with Gasteiger partial charge in [0.1, 0.15) is 5.82 Å². The topological polar surface area (TPSA) is 30.7 Å². The third kappa shape index (κ3) is 7.16. The maximum absolute atomic E-state index is 5.46. The van der Waals surface area contributed by atoms with E-state index in [1.165, 1.54) is 38.2 Å². The molecular formula is C62H41N3. The quantitative estimate of drug-likeness (QED) is 0.143. The number of benzene rings is 10. The van der Waals surface area contributed by atoms with Gasteiger partial charge in [0, 0.05) is 22.4 Å². The molecule has 12 aromatic rings. The van der Waals surface area contributed by atoms with Crippen LogP contribution in [0.25, 0.3) is 117 Å². The number of nitrogens with zero attached hydrogens (tertiary/aromatic N) is 3. The van der Waals surface area contributed by atoms with Crippen LogP contribution in [0.2, 0.25) is 0 Å². The van der Waals surface area contributed by atoms with Crippen molar-refractivity contribution in [3.8, 4) is 84.1 Å². The average molecular weight is 828 g/mol. The molecule has 0 saturated heterocycles. The van der Waals surface area contributed by atoms with Crippen molar-refractivity contribution in [3.63, 3.8) is 0 Å². The van der Waals surface area contributed by atoms with Gasteiger partial charge in [0.05, 0.1) is 22.4 Å². The molecule has 0 N–H and O–H groups in total. The molecular weight excluding hydrogens is 787 g/mol. The number of fused-ring (bicyclic) bond motifs is 4. The molecule has 10 aromatic carbocycles. The van der Waals surface area contributed by atoms with E-state index >= 15 is 0 Å². The molecule has 0 fully saturated rings. The molecule has 12 rings (SSSR count). The van der Waals surface area contributed by atoms with Crippen molar-refractivity contribution < 1.29 is 0 Å². The zero-order valence-electron chi connectivity index (χ0n) is 35.5. The molecule has 0 unspecified atom stereocenters. The van der Waals surface area contributed by atoms with E-state index in [1.807, 2.05) is 0 Å². The van der Waals surface area contributed by atoms with Crippen molar-refractivity contribution >= 4 is 32.6 Å². The van der Waals surface area contributed by atoms with Gasteiger partial charge in [0.2, 0.25) is 0 Å². The lowest BCUT2D eigenvalue weighted by molar-refractivity contribution is 1.10. The number of para-hydroxylation sites is 3. The van der Waals surface area contributed by atoms with E-state index in [9.17, 15) is 0 Å². The molecule has 0 spiro atoms. The minimum Gasteiger partial charge on any atom is -0.292 e. The molecule has 2 heterocycles. The van der Waals surface area contributed by atoms with E-state index in [0.717, 1.165) is 78.4 Å². The minimum atomic E-state index is 0.909. The first kappa shape index (κ1) is 38.0. The van der Waals surface area contributed by atoms with Gasteiger partial charge in [-0.1, -0.05) is 182 Å². The van der Waals surface area contributed by atoms with Crippen molar-refractivity contribution in [2.45, 2.75) is 0 Å². The molecule has 0 bridgehead atoms. The van der Waals surface area contributed by atoms with Gasteiger partial charge in [-0.25, -0.2) is 9.97 Å². The molecule has 0 aliphatic carbocycles. The normalized spacial score (nSPS) is 11.4. The van der Waals surface area contributed by atoms with E-state index in [-0.39, 0.29) is 0 Å². The second-order valence-corrected chi connectivity index (χ2v) is 16.6. The Balaban J connectivity index is 1.06. The lowest BCUT2D eigenvalue weighted by atomic mass is 9.89. The van der Waals surface area contributed by atoms with Crippen LogP contribution in [0.4, 0.5) is 0 Å². The Bertz CT molecular complexity index is 3680. The number of imidazole rings is 1. The zero-order valence-corrected chi connectivity index (χ0v) is 35.5. The van der Waals surface area contributed by atoms with E-state index in [2.05, 4.69) is 253 Å². The highest BCUT2D eigenvalue weighted by atomic mass is 15.1. The Kier molecular flexibility index (Phi) is 9.50. The third-order valence-corrected chi connectivity index (χ3v) is 12.6. The highest BCUT2D eigenvalue weighted by molar-refractivity contribution is 6.14. The summed E-state index contributed by atoms with van der Waals surface area (Å²) in [6, 6.07) is 89.0. The van der Waals surface area contributed by atoms with Crippen molar-refractivity contribution in [1.29, 1.82) is 0 Å². The fourth-order valence-corrected chi connectivity index (χ4v) is 9.37. The van der Waals surface area contributed by atoms with Crippen LogP contribution in [0.3, 0.4) is 0 Å². The highest BCUT2D eigenvalue weighted by Crippen LogP contribution is 2.41. The van der Waals surface area contributed by atoms with E-state index < -0.39 is 0 Å². The monoisotopic (exact) mass is 827 g/mol. The Morgan fingerprint density at radius 3 is 1.55 bits per heavy atom. The fraction of sp³-hybridized carbons (Fsp3) is 0. The van der Waals surface area contributed by atoms with Crippen LogP contribution >= 0.6 is 0 Å². The van der Waals surface area contributed by atoms with Gasteiger partial charge in [-0.2, -0.15) is 0 Å². The third-order valence-electron chi connectivity index (χ3n) is 12.6. The Labute approximate surface area is 378 Å². The van der Waals surface area contributed by atoms with Crippen LogP contribution in [-0.2, 0) is 0 Å². The molecule has 0 saturated carbocycles. The largest absolute Gasteiger partial charge is 0.292 e. The second kappa shape index (κ2) is 16.2. The molecule has 2 aromatic heterocycles. The predicted octanol–water partition coefficient (Wildman–Crippen LogP) is 16.4. The maximum atomic E-state index is 5.46. The minimum absolute atomic E-state index is 0.909. The molecule has 0 amide bonds. The second-order valence-electron chi connectivity index (χ2n) is 16.6. The van der Waals surface area contributed by atoms with Gasteiger partial charge in [0.15, 0.2) is 0 Å². The lowest BCUT2D eigenvalue weighted by Gasteiger charge is -2.16. The predicted molar refractivity (Wildman–Crippen MR) is 272 cm³/mol. The van der Waals surface area contributed by atoms with Crippen molar-refractivity contribution in [2.75, 3.05) is 0 Å². The summed E-state index contributed by atoms with van der Waals surface area (Å²) in [7, 11) is 0. The summed E-state index contributed by atoms with van der Waals surface area (Å²) in [6.45, 7) is 0. The van der Waals surface area contributed by atoms with Gasteiger partial charge in [-0.05, 0) is 133 Å². The smallest absolute Gasteiger partial charge is 0.145 e. The summed E-state index contributed by atoms with van der Waals surface area (Å²) < 4.78 is 2.26. The molecule has 3 nitrogen and oxygen atoms in total. The first-order valence-corrected chi connectivity index (χ1v) is 22.1. The summed E-state index contributed by atoms with van der Waals surface area (Å²) in [6.07, 6.45) is 0.